The Morgan fingerprint density at radius 2 is 1.88 bits per heavy atom. The number of aromatic nitrogens is 4. The molecule has 0 bridgehead atoms. The van der Waals surface area contributed by atoms with Crippen molar-refractivity contribution in [2.45, 2.75) is 70.9 Å². The summed E-state index contributed by atoms with van der Waals surface area (Å²) in [4.78, 5) is 4.29. The molecule has 0 amide bonds. The standard InChI is InChI=1S/C18H26N5O2/c1-17(2)9-16(10-18(3,4)23(17)24)25-13-15-12-22(21-20-15)11-14-7-5-6-8-19-14/h5-8,12,16H,9-11,13H2,1-4H3. The Kier molecular flexibility index (Phi) is 4.90. The van der Waals surface area contributed by atoms with Gasteiger partial charge in [0.15, 0.2) is 0 Å². The SMILES string of the molecule is CC1(C)CC(OCc2cn(Cc3ccccn3)nn2)CC(C)(C)N1[O]. The van der Waals surface area contributed by atoms with Crippen molar-refractivity contribution in [1.82, 2.24) is 25.0 Å². The molecule has 2 aromatic rings. The highest BCUT2D eigenvalue weighted by Crippen LogP contribution is 2.38. The van der Waals surface area contributed by atoms with E-state index in [2.05, 4.69) is 15.3 Å². The number of piperidine rings is 1. The van der Waals surface area contributed by atoms with Crippen molar-refractivity contribution in [3.8, 4) is 0 Å². The van der Waals surface area contributed by atoms with Crippen LogP contribution >= 0.6 is 0 Å². The molecule has 2 aromatic heterocycles. The minimum absolute atomic E-state index is 0.0381. The zero-order valence-corrected chi connectivity index (χ0v) is 15.3. The Labute approximate surface area is 148 Å². The Bertz CT molecular complexity index is 681. The van der Waals surface area contributed by atoms with E-state index in [4.69, 9.17) is 4.74 Å². The molecule has 1 fully saturated rings. The fourth-order valence-electron chi connectivity index (χ4n) is 3.63. The highest BCUT2D eigenvalue weighted by Gasteiger charge is 2.46. The highest BCUT2D eigenvalue weighted by atomic mass is 16.5. The number of hydroxylamine groups is 2. The number of ether oxygens (including phenoxy) is 1. The maximum Gasteiger partial charge on any atom is 0.108 e. The first kappa shape index (κ1) is 18.0. The number of hydrogen-bond acceptors (Lipinski definition) is 5. The topological polar surface area (TPSA) is 76.0 Å². The van der Waals surface area contributed by atoms with Crippen LogP contribution in [0.25, 0.3) is 0 Å². The van der Waals surface area contributed by atoms with Crippen molar-refractivity contribution in [1.29, 1.82) is 0 Å². The summed E-state index contributed by atoms with van der Waals surface area (Å²) in [5.74, 6) is 0. The summed E-state index contributed by atoms with van der Waals surface area (Å²) in [7, 11) is 0. The minimum Gasteiger partial charge on any atom is -0.372 e. The normalized spacial score (nSPS) is 20.7. The number of hydrogen-bond donors (Lipinski definition) is 0. The summed E-state index contributed by atoms with van der Waals surface area (Å²) in [6.07, 6.45) is 5.11. The van der Waals surface area contributed by atoms with Crippen molar-refractivity contribution < 1.29 is 9.94 Å². The lowest BCUT2D eigenvalue weighted by molar-refractivity contribution is -0.301. The van der Waals surface area contributed by atoms with Gasteiger partial charge >= 0.3 is 0 Å². The predicted molar refractivity (Wildman–Crippen MR) is 91.9 cm³/mol. The molecule has 0 aliphatic carbocycles. The van der Waals surface area contributed by atoms with E-state index in [1.54, 1.807) is 10.9 Å². The second kappa shape index (κ2) is 6.82. The van der Waals surface area contributed by atoms with E-state index >= 15 is 0 Å². The monoisotopic (exact) mass is 344 g/mol. The van der Waals surface area contributed by atoms with E-state index in [1.807, 2.05) is 52.1 Å². The van der Waals surface area contributed by atoms with Crippen LogP contribution in [0.15, 0.2) is 30.6 Å². The molecular formula is C18H26N5O2. The molecule has 135 valence electrons. The van der Waals surface area contributed by atoms with Crippen molar-refractivity contribution in [3.05, 3.63) is 42.0 Å². The molecule has 1 saturated heterocycles. The summed E-state index contributed by atoms with van der Waals surface area (Å²) in [5.41, 5.74) is 0.869. The molecule has 7 nitrogen and oxygen atoms in total. The summed E-state index contributed by atoms with van der Waals surface area (Å²) in [5, 5.41) is 21.9. The average Bonchev–Trinajstić information content (AvgIpc) is 2.98. The fourth-order valence-corrected chi connectivity index (χ4v) is 3.63. The Balaban J connectivity index is 1.57. The smallest absolute Gasteiger partial charge is 0.108 e. The van der Waals surface area contributed by atoms with Crippen LogP contribution < -0.4 is 0 Å². The lowest BCUT2D eigenvalue weighted by Crippen LogP contribution is -2.59. The van der Waals surface area contributed by atoms with Gasteiger partial charge in [-0.1, -0.05) is 11.3 Å². The minimum atomic E-state index is -0.428. The number of nitrogens with zero attached hydrogens (tertiary/aromatic N) is 5. The number of pyridine rings is 1. The van der Waals surface area contributed by atoms with E-state index in [0.29, 0.717) is 26.0 Å². The summed E-state index contributed by atoms with van der Waals surface area (Å²) >= 11 is 0. The van der Waals surface area contributed by atoms with Gasteiger partial charge in [0, 0.05) is 17.3 Å². The molecule has 1 aliphatic rings. The molecule has 0 saturated carbocycles. The molecule has 1 aliphatic heterocycles. The predicted octanol–water partition coefficient (Wildman–Crippen LogP) is 2.61. The fraction of sp³-hybridized carbons (Fsp3) is 0.611. The molecule has 0 aromatic carbocycles. The van der Waals surface area contributed by atoms with E-state index in [1.165, 1.54) is 5.06 Å². The maximum atomic E-state index is 12.4. The number of rotatable bonds is 5. The van der Waals surface area contributed by atoms with Crippen molar-refractivity contribution in [2.75, 3.05) is 0 Å². The van der Waals surface area contributed by atoms with Crippen molar-refractivity contribution in [3.63, 3.8) is 0 Å². The van der Waals surface area contributed by atoms with Gasteiger partial charge in [0.25, 0.3) is 0 Å². The van der Waals surface area contributed by atoms with Crippen LogP contribution in [-0.4, -0.2) is 42.2 Å². The van der Waals surface area contributed by atoms with E-state index in [-0.39, 0.29) is 6.10 Å². The van der Waals surface area contributed by atoms with Crippen LogP contribution in [-0.2, 0) is 23.1 Å². The quantitative estimate of drug-likeness (QED) is 0.833. The summed E-state index contributed by atoms with van der Waals surface area (Å²) < 4.78 is 7.81. The van der Waals surface area contributed by atoms with Crippen LogP contribution in [0, 0.1) is 0 Å². The zero-order chi connectivity index (χ0) is 18.1. The average molecular weight is 344 g/mol. The largest absolute Gasteiger partial charge is 0.372 e. The molecule has 0 spiro atoms. The second-order valence-electron chi connectivity index (χ2n) is 7.99. The van der Waals surface area contributed by atoms with Gasteiger partial charge in [-0.05, 0) is 52.7 Å². The summed E-state index contributed by atoms with van der Waals surface area (Å²) in [6.45, 7) is 8.88. The van der Waals surface area contributed by atoms with Gasteiger partial charge in [-0.2, -0.15) is 0 Å². The van der Waals surface area contributed by atoms with Gasteiger partial charge in [0.2, 0.25) is 0 Å². The molecule has 1 radical (unpaired) electrons. The molecule has 3 rings (SSSR count). The van der Waals surface area contributed by atoms with Crippen LogP contribution in [0.1, 0.15) is 51.9 Å². The van der Waals surface area contributed by atoms with Crippen molar-refractivity contribution in [2.24, 2.45) is 0 Å². The highest BCUT2D eigenvalue weighted by molar-refractivity contribution is 5.04. The third-order valence-electron chi connectivity index (χ3n) is 4.66. The van der Waals surface area contributed by atoms with Gasteiger partial charge in [-0.25, -0.2) is 4.68 Å². The van der Waals surface area contributed by atoms with Gasteiger partial charge in [0.05, 0.1) is 31.1 Å². The van der Waals surface area contributed by atoms with E-state index in [9.17, 15) is 5.21 Å². The lowest BCUT2D eigenvalue weighted by Gasteiger charge is -2.49. The first-order chi connectivity index (χ1) is 11.8. The molecule has 25 heavy (non-hydrogen) atoms. The third kappa shape index (κ3) is 4.23. The van der Waals surface area contributed by atoms with Gasteiger partial charge in [-0.3, -0.25) is 4.98 Å². The lowest BCUT2D eigenvalue weighted by atomic mass is 9.80. The van der Waals surface area contributed by atoms with Gasteiger partial charge < -0.3 is 4.74 Å². The first-order valence-corrected chi connectivity index (χ1v) is 8.64. The van der Waals surface area contributed by atoms with Crippen LogP contribution in [0.2, 0.25) is 0 Å². The van der Waals surface area contributed by atoms with E-state index in [0.717, 1.165) is 11.4 Å². The molecule has 0 atom stereocenters. The maximum absolute atomic E-state index is 12.4. The van der Waals surface area contributed by atoms with Crippen LogP contribution in [0.3, 0.4) is 0 Å². The third-order valence-corrected chi connectivity index (χ3v) is 4.66. The van der Waals surface area contributed by atoms with Crippen molar-refractivity contribution >= 4 is 0 Å². The summed E-state index contributed by atoms with van der Waals surface area (Å²) in [6, 6.07) is 5.80. The Morgan fingerprint density at radius 3 is 2.52 bits per heavy atom. The molecular weight excluding hydrogens is 318 g/mol. The molecule has 3 heterocycles. The molecule has 0 unspecified atom stereocenters. The van der Waals surface area contributed by atoms with E-state index < -0.39 is 11.1 Å². The van der Waals surface area contributed by atoms with Crippen LogP contribution in [0.4, 0.5) is 0 Å². The van der Waals surface area contributed by atoms with Crippen LogP contribution in [0.5, 0.6) is 0 Å². The zero-order valence-electron chi connectivity index (χ0n) is 15.3. The Morgan fingerprint density at radius 1 is 1.16 bits per heavy atom. The van der Waals surface area contributed by atoms with Gasteiger partial charge in [-0.15, -0.1) is 15.4 Å². The van der Waals surface area contributed by atoms with Gasteiger partial charge in [0.1, 0.15) is 5.69 Å². The Hall–Kier alpha value is -1.83. The first-order valence-electron chi connectivity index (χ1n) is 8.64. The molecule has 7 heteroatoms. The second-order valence-corrected chi connectivity index (χ2v) is 7.99. The molecule has 0 N–H and O–H groups in total.